The SMILES string of the molecule is CC[C@H]1OC(=O)[C@H](C)[C@@H](O[C@H]2C[C@@](C)(OC)[C@@H](O)[C@H](C)O2)[C@H](C)[C@@H](O[C@@H]2O[C@H](C)C[C@H]3[C@H]2OC(=Nc2ccc(-c4ccccc4)cc2OC)N3C)[C@](C)(OC)C[C@@H](C)C(=O)N[C@H](C)[C@@H](O)[C@]1(C)O. The van der Waals surface area contributed by atoms with E-state index in [-0.39, 0.29) is 31.4 Å². The Kier molecular flexibility index (Phi) is 17.0. The highest BCUT2D eigenvalue weighted by molar-refractivity contribution is 5.82. The summed E-state index contributed by atoms with van der Waals surface area (Å²) in [5, 5.41) is 37.3. The fraction of sp³-hybridized carbons (Fsp3) is 0.706. The Morgan fingerprint density at radius 3 is 2.16 bits per heavy atom. The number of methoxy groups -OCH3 is 3. The number of fused-ring (bicyclic) bond motifs is 1. The third-order valence-electron chi connectivity index (χ3n) is 15.0. The standard InChI is InChI=1S/C51H77N3O14/c1-15-38-51(10,59)42(55)31(6)52-45(57)27(2)25-50(9,62-14)44(29(4)40(30(5)46(58)65-38)66-39-26-49(8,61-13)43(56)32(7)64-39)68-47-41-36(23-28(3)63-47)54(11)48(67-41)53-35-22-21-34(24-37(35)60-12)33-19-17-16-18-20-33/h16-22,24,27-32,36,38-44,47,55-56,59H,15,23,25-26H2,1-14H3,(H,52,57)/t27-,28-,29+,30-,31-,32+,36+,38-,39+,40+,41-,42-,43+,44-,47+,49-,50-,51-/m1/s1. The molecule has 17 heteroatoms. The molecule has 380 valence electrons. The number of aliphatic hydroxyl groups is 3. The molecule has 4 aliphatic heterocycles. The second-order valence-electron chi connectivity index (χ2n) is 20.1. The summed E-state index contributed by atoms with van der Waals surface area (Å²) >= 11 is 0. The van der Waals surface area contributed by atoms with Crippen molar-refractivity contribution in [2.45, 2.75) is 185 Å². The summed E-state index contributed by atoms with van der Waals surface area (Å²) in [4.78, 5) is 35.6. The maximum absolute atomic E-state index is 14.6. The largest absolute Gasteiger partial charge is 0.494 e. The van der Waals surface area contributed by atoms with Crippen molar-refractivity contribution in [1.29, 1.82) is 0 Å². The van der Waals surface area contributed by atoms with E-state index in [1.807, 2.05) is 81.2 Å². The topological polar surface area (TPSA) is 206 Å². The smallest absolute Gasteiger partial charge is 0.311 e. The Bertz CT molecular complexity index is 2060. The van der Waals surface area contributed by atoms with E-state index in [0.29, 0.717) is 23.9 Å². The van der Waals surface area contributed by atoms with Gasteiger partial charge in [0.05, 0.1) is 60.7 Å². The zero-order valence-corrected chi connectivity index (χ0v) is 42.3. The third kappa shape index (κ3) is 11.0. The molecule has 4 aliphatic rings. The van der Waals surface area contributed by atoms with E-state index < -0.39 is 108 Å². The van der Waals surface area contributed by atoms with Gasteiger partial charge in [0.1, 0.15) is 35.3 Å². The summed E-state index contributed by atoms with van der Waals surface area (Å²) < 4.78 is 58.0. The van der Waals surface area contributed by atoms with Gasteiger partial charge in [0.15, 0.2) is 18.7 Å². The Labute approximate surface area is 402 Å². The summed E-state index contributed by atoms with van der Waals surface area (Å²) in [6, 6.07) is 15.0. The molecule has 0 unspecified atom stereocenters. The quantitative estimate of drug-likeness (QED) is 0.217. The summed E-state index contributed by atoms with van der Waals surface area (Å²) in [5.74, 6) is -3.08. The van der Waals surface area contributed by atoms with E-state index in [1.165, 1.54) is 21.1 Å². The molecule has 4 fully saturated rings. The van der Waals surface area contributed by atoms with Crippen molar-refractivity contribution < 1.29 is 67.5 Å². The molecule has 4 heterocycles. The molecule has 0 aromatic heterocycles. The van der Waals surface area contributed by atoms with Gasteiger partial charge in [-0.2, -0.15) is 4.99 Å². The Balaban J connectivity index is 1.42. The van der Waals surface area contributed by atoms with Gasteiger partial charge in [0.25, 0.3) is 6.02 Å². The zero-order valence-electron chi connectivity index (χ0n) is 42.3. The number of nitrogens with one attached hydrogen (secondary N) is 1. The minimum Gasteiger partial charge on any atom is -0.494 e. The number of aliphatic imine (C=N–C) groups is 1. The van der Waals surface area contributed by atoms with Crippen LogP contribution in [0.1, 0.15) is 94.9 Å². The summed E-state index contributed by atoms with van der Waals surface area (Å²) in [5.41, 5.74) is -1.73. The first-order valence-corrected chi connectivity index (χ1v) is 24.0. The minimum absolute atomic E-state index is 0.0974. The lowest BCUT2D eigenvalue weighted by atomic mass is 9.77. The number of hydrogen-bond acceptors (Lipinski definition) is 15. The number of ether oxygens (including phenoxy) is 9. The molecule has 4 N–H and O–H groups in total. The maximum atomic E-state index is 14.6. The molecule has 0 spiro atoms. The number of rotatable bonds is 10. The van der Waals surface area contributed by atoms with Crippen LogP contribution in [-0.2, 0) is 47.5 Å². The Morgan fingerprint density at radius 2 is 1.53 bits per heavy atom. The average molecular weight is 956 g/mol. The van der Waals surface area contributed by atoms with Gasteiger partial charge in [-0.25, -0.2) is 0 Å². The van der Waals surface area contributed by atoms with Gasteiger partial charge in [0.2, 0.25) is 5.91 Å². The zero-order chi connectivity index (χ0) is 50.0. The second-order valence-corrected chi connectivity index (χ2v) is 20.1. The molecular formula is C51H77N3O14. The molecule has 0 bridgehead atoms. The lowest BCUT2D eigenvalue weighted by molar-refractivity contribution is -0.315. The van der Waals surface area contributed by atoms with Crippen molar-refractivity contribution in [3.8, 4) is 16.9 Å². The number of amidine groups is 1. The molecule has 18 atom stereocenters. The van der Waals surface area contributed by atoms with E-state index in [2.05, 4.69) is 5.32 Å². The number of likely N-dealkylation sites (N-methyl/N-ethyl adjacent to an activating group) is 1. The summed E-state index contributed by atoms with van der Waals surface area (Å²) in [6.07, 6.45) is -8.48. The highest BCUT2D eigenvalue weighted by Gasteiger charge is 2.55. The van der Waals surface area contributed by atoms with E-state index in [1.54, 1.807) is 48.7 Å². The monoisotopic (exact) mass is 956 g/mol. The van der Waals surface area contributed by atoms with Crippen molar-refractivity contribution >= 4 is 23.6 Å². The highest BCUT2D eigenvalue weighted by atomic mass is 16.7. The molecule has 2 aromatic rings. The fourth-order valence-electron chi connectivity index (χ4n) is 10.5. The molecule has 2 aromatic carbocycles. The molecule has 17 nitrogen and oxygen atoms in total. The van der Waals surface area contributed by atoms with Crippen LogP contribution in [-0.4, -0.2) is 157 Å². The number of aliphatic hydroxyl groups excluding tert-OH is 2. The molecule has 68 heavy (non-hydrogen) atoms. The summed E-state index contributed by atoms with van der Waals surface area (Å²) in [6.45, 7) is 17.3. The van der Waals surface area contributed by atoms with Crippen LogP contribution in [0.25, 0.3) is 11.1 Å². The lowest BCUT2D eigenvalue weighted by Gasteiger charge is -2.49. The molecule has 6 rings (SSSR count). The van der Waals surface area contributed by atoms with E-state index >= 15 is 0 Å². The predicted molar refractivity (Wildman–Crippen MR) is 253 cm³/mol. The normalized spacial score (nSPS) is 41.5. The maximum Gasteiger partial charge on any atom is 0.311 e. The van der Waals surface area contributed by atoms with Gasteiger partial charge in [0, 0.05) is 39.5 Å². The van der Waals surface area contributed by atoms with Crippen LogP contribution >= 0.6 is 0 Å². The second kappa shape index (κ2) is 21.6. The molecule has 4 saturated heterocycles. The predicted octanol–water partition coefficient (Wildman–Crippen LogP) is 5.51. The first kappa shape index (κ1) is 53.4. The summed E-state index contributed by atoms with van der Waals surface area (Å²) in [7, 11) is 6.57. The molecule has 0 saturated carbocycles. The lowest BCUT2D eigenvalue weighted by Crippen LogP contribution is -2.60. The average Bonchev–Trinajstić information content (AvgIpc) is 3.63. The first-order valence-electron chi connectivity index (χ1n) is 24.0. The van der Waals surface area contributed by atoms with Crippen LogP contribution in [0.15, 0.2) is 53.5 Å². The van der Waals surface area contributed by atoms with Gasteiger partial charge in [-0.05, 0) is 91.0 Å². The van der Waals surface area contributed by atoms with Crippen LogP contribution in [0, 0.1) is 17.8 Å². The Hall–Kier alpha value is -3.91. The number of cyclic esters (lactones) is 1. The molecule has 1 amide bonds. The number of hydrogen-bond donors (Lipinski definition) is 4. The molecular weight excluding hydrogens is 879 g/mol. The molecule has 0 aliphatic carbocycles. The van der Waals surface area contributed by atoms with E-state index in [9.17, 15) is 24.9 Å². The van der Waals surface area contributed by atoms with Crippen LogP contribution in [0.5, 0.6) is 5.75 Å². The Morgan fingerprint density at radius 1 is 0.853 bits per heavy atom. The van der Waals surface area contributed by atoms with Crippen LogP contribution in [0.4, 0.5) is 5.69 Å². The van der Waals surface area contributed by atoms with Crippen LogP contribution in [0.3, 0.4) is 0 Å². The fourth-order valence-corrected chi connectivity index (χ4v) is 10.5. The number of carbonyl (C=O) groups is 2. The van der Waals surface area contributed by atoms with Crippen molar-refractivity contribution in [3.63, 3.8) is 0 Å². The minimum atomic E-state index is -1.97. The van der Waals surface area contributed by atoms with Crippen molar-refractivity contribution in [2.24, 2.45) is 22.7 Å². The first-order chi connectivity index (χ1) is 32.0. The van der Waals surface area contributed by atoms with E-state index in [4.69, 9.17) is 47.6 Å². The number of esters is 1. The van der Waals surface area contributed by atoms with Crippen LogP contribution in [0.2, 0.25) is 0 Å². The van der Waals surface area contributed by atoms with Crippen LogP contribution < -0.4 is 10.1 Å². The molecule has 0 radical (unpaired) electrons. The number of amides is 1. The van der Waals surface area contributed by atoms with Crippen molar-refractivity contribution in [3.05, 3.63) is 48.5 Å². The van der Waals surface area contributed by atoms with Gasteiger partial charge < -0.3 is 68.2 Å². The number of benzene rings is 2. The van der Waals surface area contributed by atoms with Gasteiger partial charge in [-0.3, -0.25) is 9.59 Å². The number of nitrogens with zero attached hydrogens (tertiary/aromatic N) is 2. The van der Waals surface area contributed by atoms with E-state index in [0.717, 1.165) is 11.1 Å². The third-order valence-corrected chi connectivity index (χ3v) is 15.0. The van der Waals surface area contributed by atoms with Crippen molar-refractivity contribution in [2.75, 3.05) is 28.4 Å². The van der Waals surface area contributed by atoms with Gasteiger partial charge in [-0.1, -0.05) is 57.2 Å². The number of carbonyl (C=O) groups excluding carboxylic acids is 2. The van der Waals surface area contributed by atoms with Gasteiger partial charge in [-0.15, -0.1) is 0 Å². The highest BCUT2D eigenvalue weighted by Crippen LogP contribution is 2.43. The van der Waals surface area contributed by atoms with Gasteiger partial charge >= 0.3 is 5.97 Å². The van der Waals surface area contributed by atoms with Crippen molar-refractivity contribution in [1.82, 2.24) is 10.2 Å².